The molecule has 0 atom stereocenters. The molecule has 0 spiro atoms. The van der Waals surface area contributed by atoms with Gasteiger partial charge in [0.25, 0.3) is 0 Å². The standard InChI is InChI=1S/C4H2ClNS/c1-3-2-6-4(5)7-3/h1-2H. The van der Waals surface area contributed by atoms with Crippen LogP contribution in [0.2, 0.25) is 4.47 Å². The molecule has 0 aromatic carbocycles. The van der Waals surface area contributed by atoms with Gasteiger partial charge in [-0.1, -0.05) is 11.6 Å². The van der Waals surface area contributed by atoms with Gasteiger partial charge in [-0.3, -0.25) is 0 Å². The average molecular weight is 132 g/mol. The van der Waals surface area contributed by atoms with Crippen molar-refractivity contribution in [3.8, 4) is 0 Å². The van der Waals surface area contributed by atoms with E-state index in [1.165, 1.54) is 17.5 Å². The monoisotopic (exact) mass is 131 g/mol. The van der Waals surface area contributed by atoms with E-state index in [2.05, 4.69) is 4.98 Å². The maximum Gasteiger partial charge on any atom is 0.183 e. The quantitative estimate of drug-likeness (QED) is 0.524. The van der Waals surface area contributed by atoms with E-state index in [0.29, 0.717) is 9.34 Å². The van der Waals surface area contributed by atoms with Gasteiger partial charge in [0, 0.05) is 18.0 Å². The van der Waals surface area contributed by atoms with Gasteiger partial charge in [-0.25, -0.2) is 4.98 Å². The lowest BCUT2D eigenvalue weighted by molar-refractivity contribution is 1.41. The molecule has 0 aliphatic heterocycles. The Kier molecular flexibility index (Phi) is 1.30. The summed E-state index contributed by atoms with van der Waals surface area (Å²) < 4.78 is 0.498. The Morgan fingerprint density at radius 1 is 1.86 bits per heavy atom. The molecule has 2 radical (unpaired) electrons. The first-order valence-corrected chi connectivity index (χ1v) is 2.85. The molecule has 0 N–H and O–H groups in total. The second kappa shape index (κ2) is 1.80. The van der Waals surface area contributed by atoms with Gasteiger partial charge in [-0.2, -0.15) is 0 Å². The largest absolute Gasteiger partial charge is 0.233 e. The minimum Gasteiger partial charge on any atom is -0.233 e. The highest BCUT2D eigenvalue weighted by Gasteiger charge is 1.89. The normalized spacial score (nSPS) is 9.43. The van der Waals surface area contributed by atoms with Crippen molar-refractivity contribution in [2.45, 2.75) is 0 Å². The summed E-state index contributed by atoms with van der Waals surface area (Å²) in [4.78, 5) is 4.33. The van der Waals surface area contributed by atoms with E-state index in [1.807, 2.05) is 0 Å². The first kappa shape index (κ1) is 5.06. The van der Waals surface area contributed by atoms with Crippen molar-refractivity contribution in [2.75, 3.05) is 0 Å². The Bertz CT molecular complexity index is 144. The van der Waals surface area contributed by atoms with Crippen LogP contribution in [0.25, 0.3) is 0 Å². The van der Waals surface area contributed by atoms with Crippen molar-refractivity contribution >= 4 is 22.9 Å². The Morgan fingerprint density at radius 3 is 2.71 bits per heavy atom. The van der Waals surface area contributed by atoms with Crippen LogP contribution in [0.15, 0.2) is 6.20 Å². The van der Waals surface area contributed by atoms with E-state index >= 15 is 0 Å². The van der Waals surface area contributed by atoms with Crippen LogP contribution in [0.1, 0.15) is 4.88 Å². The van der Waals surface area contributed by atoms with Crippen LogP contribution in [0.3, 0.4) is 0 Å². The number of nitrogens with zero attached hydrogens (tertiary/aromatic N) is 1. The zero-order valence-corrected chi connectivity index (χ0v) is 4.96. The highest BCUT2D eigenvalue weighted by molar-refractivity contribution is 7.15. The van der Waals surface area contributed by atoms with Gasteiger partial charge in [0.2, 0.25) is 0 Å². The van der Waals surface area contributed by atoms with Gasteiger partial charge in [-0.15, -0.1) is 11.3 Å². The minimum absolute atomic E-state index is 0.498. The topological polar surface area (TPSA) is 12.9 Å². The van der Waals surface area contributed by atoms with E-state index in [9.17, 15) is 0 Å². The van der Waals surface area contributed by atoms with Crippen LogP contribution in [0, 0.1) is 6.92 Å². The molecule has 0 fully saturated rings. The number of rotatable bonds is 0. The van der Waals surface area contributed by atoms with Crippen molar-refractivity contribution < 1.29 is 0 Å². The average Bonchev–Trinajstić information content (AvgIpc) is 1.87. The Morgan fingerprint density at radius 2 is 2.57 bits per heavy atom. The molecule has 0 unspecified atom stereocenters. The molecular weight excluding hydrogens is 130 g/mol. The van der Waals surface area contributed by atoms with Crippen LogP contribution in [0.5, 0.6) is 0 Å². The predicted molar refractivity (Wildman–Crippen MR) is 30.5 cm³/mol. The summed E-state index contributed by atoms with van der Waals surface area (Å²) in [6, 6.07) is 0. The van der Waals surface area contributed by atoms with E-state index < -0.39 is 0 Å². The lowest BCUT2D eigenvalue weighted by Crippen LogP contribution is -1.50. The van der Waals surface area contributed by atoms with Crippen molar-refractivity contribution in [1.29, 1.82) is 0 Å². The molecule has 0 amide bonds. The molecule has 0 saturated carbocycles. The van der Waals surface area contributed by atoms with Crippen molar-refractivity contribution in [2.24, 2.45) is 0 Å². The molecular formula is C4H2ClNS. The number of hydrogen-bond acceptors (Lipinski definition) is 2. The van der Waals surface area contributed by atoms with Crippen LogP contribution in [-0.2, 0) is 0 Å². The van der Waals surface area contributed by atoms with Crippen LogP contribution in [-0.4, -0.2) is 4.98 Å². The first-order chi connectivity index (χ1) is 3.29. The molecule has 1 rings (SSSR count). The highest BCUT2D eigenvalue weighted by atomic mass is 35.5. The lowest BCUT2D eigenvalue weighted by Gasteiger charge is -1.65. The van der Waals surface area contributed by atoms with Crippen molar-refractivity contribution in [1.82, 2.24) is 4.98 Å². The van der Waals surface area contributed by atoms with Gasteiger partial charge >= 0.3 is 0 Å². The second-order valence-corrected chi connectivity index (χ2v) is 2.66. The lowest BCUT2D eigenvalue weighted by atomic mass is 10.7. The molecule has 0 bridgehead atoms. The highest BCUT2D eigenvalue weighted by Crippen LogP contribution is 2.15. The molecule has 0 aliphatic rings. The molecule has 36 valence electrons. The third-order valence-electron chi connectivity index (χ3n) is 0.495. The van der Waals surface area contributed by atoms with Gasteiger partial charge in [-0.05, 0) is 0 Å². The van der Waals surface area contributed by atoms with Gasteiger partial charge in [0.1, 0.15) is 0 Å². The fraction of sp³-hybridized carbons (Fsp3) is 0. The zero-order valence-electron chi connectivity index (χ0n) is 3.39. The summed E-state index contributed by atoms with van der Waals surface area (Å²) in [6.07, 6.45) is 1.53. The van der Waals surface area contributed by atoms with E-state index in [4.69, 9.17) is 18.5 Å². The maximum absolute atomic E-state index is 5.39. The number of halogens is 1. The van der Waals surface area contributed by atoms with E-state index in [1.54, 1.807) is 0 Å². The van der Waals surface area contributed by atoms with E-state index in [-0.39, 0.29) is 0 Å². The second-order valence-electron chi connectivity index (χ2n) is 1.02. The summed E-state index contributed by atoms with van der Waals surface area (Å²) in [5.41, 5.74) is 0. The van der Waals surface area contributed by atoms with E-state index in [0.717, 1.165) is 0 Å². The van der Waals surface area contributed by atoms with Gasteiger partial charge < -0.3 is 0 Å². The third kappa shape index (κ3) is 1.14. The fourth-order valence-corrected chi connectivity index (χ4v) is 0.986. The van der Waals surface area contributed by atoms with Crippen LogP contribution < -0.4 is 0 Å². The maximum atomic E-state index is 5.39. The number of thiazole rings is 1. The van der Waals surface area contributed by atoms with Crippen molar-refractivity contribution in [3.63, 3.8) is 0 Å². The Balaban J connectivity index is 3.04. The van der Waals surface area contributed by atoms with Crippen LogP contribution in [0.4, 0.5) is 0 Å². The smallest absolute Gasteiger partial charge is 0.183 e. The number of aromatic nitrogens is 1. The van der Waals surface area contributed by atoms with Crippen molar-refractivity contribution in [3.05, 3.63) is 22.5 Å². The summed E-state index contributed by atoms with van der Waals surface area (Å²) in [5, 5.41) is 0. The molecule has 0 saturated heterocycles. The Labute approximate surface area is 51.0 Å². The predicted octanol–water partition coefficient (Wildman–Crippen LogP) is 1.86. The minimum atomic E-state index is 0.498. The number of hydrogen-bond donors (Lipinski definition) is 0. The summed E-state index contributed by atoms with van der Waals surface area (Å²) >= 11 is 6.66. The Hall–Kier alpha value is -0.0800. The molecule has 1 aromatic rings. The summed E-state index contributed by atoms with van der Waals surface area (Å²) in [7, 11) is 0. The molecule has 1 heterocycles. The zero-order chi connectivity index (χ0) is 5.28. The van der Waals surface area contributed by atoms with Crippen LogP contribution >= 0.6 is 22.9 Å². The van der Waals surface area contributed by atoms with Gasteiger partial charge in [0.05, 0.1) is 0 Å². The molecule has 3 heteroatoms. The molecule has 1 nitrogen and oxygen atoms in total. The molecule has 7 heavy (non-hydrogen) atoms. The summed E-state index contributed by atoms with van der Waals surface area (Å²) in [6.45, 7) is 5.25. The summed E-state index contributed by atoms with van der Waals surface area (Å²) in [5.74, 6) is 0. The molecule has 1 aromatic heterocycles. The van der Waals surface area contributed by atoms with Gasteiger partial charge in [0.15, 0.2) is 4.47 Å². The fourth-order valence-electron chi connectivity index (χ4n) is 0.264. The first-order valence-electron chi connectivity index (χ1n) is 1.66. The molecule has 0 aliphatic carbocycles. The third-order valence-corrected chi connectivity index (χ3v) is 1.44. The SMILES string of the molecule is [CH]c1cnc(Cl)s1.